The van der Waals surface area contributed by atoms with E-state index in [9.17, 15) is 5.11 Å². The summed E-state index contributed by atoms with van der Waals surface area (Å²) in [4.78, 5) is 4.64. The van der Waals surface area contributed by atoms with E-state index in [0.29, 0.717) is 5.13 Å². The number of rotatable bonds is 3. The van der Waals surface area contributed by atoms with Crippen LogP contribution in [-0.2, 0) is 0 Å². The number of thiazole rings is 1. The van der Waals surface area contributed by atoms with Crippen LogP contribution in [0.15, 0.2) is 28.9 Å². The lowest BCUT2D eigenvalue weighted by Gasteiger charge is -2.10. The van der Waals surface area contributed by atoms with Crippen molar-refractivity contribution in [3.05, 3.63) is 39.3 Å². The summed E-state index contributed by atoms with van der Waals surface area (Å²) in [5.41, 5.74) is 6.30. The summed E-state index contributed by atoms with van der Waals surface area (Å²) >= 11 is 4.66. The summed E-state index contributed by atoms with van der Waals surface area (Å²) in [5.74, 6) is 0.727. The second-order valence-corrected chi connectivity index (χ2v) is 5.35. The minimum absolute atomic E-state index is 0.451. The van der Waals surface area contributed by atoms with Gasteiger partial charge in [-0.1, -0.05) is 17.4 Å². The standard InChI is InChI=1S/C11H11BrN2O2S/c1-16-8-3-2-6(4-7(8)12)10(15)9-5-14-11(13)17-9/h2-5,10,15H,1H3,(H2,13,14). The molecule has 4 nitrogen and oxygen atoms in total. The Bertz CT molecular complexity index is 530. The number of methoxy groups -OCH3 is 1. The molecule has 1 unspecified atom stereocenters. The first kappa shape index (κ1) is 12.3. The van der Waals surface area contributed by atoms with Crippen LogP contribution >= 0.6 is 27.3 Å². The van der Waals surface area contributed by atoms with Gasteiger partial charge in [0.1, 0.15) is 11.9 Å². The summed E-state index contributed by atoms with van der Waals surface area (Å²) in [6.45, 7) is 0. The number of hydrogen-bond acceptors (Lipinski definition) is 5. The molecular formula is C11H11BrN2O2S. The minimum Gasteiger partial charge on any atom is -0.496 e. The van der Waals surface area contributed by atoms with E-state index in [0.717, 1.165) is 20.7 Å². The van der Waals surface area contributed by atoms with Crippen LogP contribution in [0.2, 0.25) is 0 Å². The lowest BCUT2D eigenvalue weighted by molar-refractivity contribution is 0.223. The first-order chi connectivity index (χ1) is 8.11. The highest BCUT2D eigenvalue weighted by Crippen LogP contribution is 2.32. The molecular weight excluding hydrogens is 304 g/mol. The number of hydrogen-bond donors (Lipinski definition) is 2. The zero-order valence-electron chi connectivity index (χ0n) is 9.05. The van der Waals surface area contributed by atoms with Gasteiger partial charge in [-0.15, -0.1) is 0 Å². The summed E-state index contributed by atoms with van der Waals surface area (Å²) in [6.07, 6.45) is 0.870. The molecule has 0 saturated carbocycles. The third kappa shape index (κ3) is 2.59. The number of aromatic nitrogens is 1. The van der Waals surface area contributed by atoms with Gasteiger partial charge in [-0.05, 0) is 33.6 Å². The number of aliphatic hydroxyl groups is 1. The van der Waals surface area contributed by atoms with Crippen LogP contribution in [0.1, 0.15) is 16.5 Å². The number of nitrogens with zero attached hydrogens (tertiary/aromatic N) is 1. The minimum atomic E-state index is -0.716. The maximum atomic E-state index is 10.1. The zero-order chi connectivity index (χ0) is 12.4. The maximum absolute atomic E-state index is 10.1. The Labute approximate surface area is 111 Å². The van der Waals surface area contributed by atoms with Crippen molar-refractivity contribution in [2.75, 3.05) is 12.8 Å². The summed E-state index contributed by atoms with van der Waals surface area (Å²) < 4.78 is 5.93. The van der Waals surface area contributed by atoms with Gasteiger partial charge in [0.05, 0.1) is 16.5 Å². The third-order valence-electron chi connectivity index (χ3n) is 2.30. The molecule has 2 aromatic rings. The van der Waals surface area contributed by atoms with Gasteiger partial charge >= 0.3 is 0 Å². The predicted molar refractivity (Wildman–Crippen MR) is 71.3 cm³/mol. The van der Waals surface area contributed by atoms with Crippen molar-refractivity contribution in [2.45, 2.75) is 6.10 Å². The van der Waals surface area contributed by atoms with E-state index in [1.807, 2.05) is 12.1 Å². The fourth-order valence-corrected chi connectivity index (χ4v) is 2.70. The molecule has 0 aliphatic rings. The molecule has 0 fully saturated rings. The number of nitrogen functional groups attached to an aromatic ring is 1. The highest BCUT2D eigenvalue weighted by atomic mass is 79.9. The molecule has 17 heavy (non-hydrogen) atoms. The quantitative estimate of drug-likeness (QED) is 0.913. The number of nitrogens with two attached hydrogens (primary N) is 1. The number of anilines is 1. The van der Waals surface area contributed by atoms with Gasteiger partial charge in [-0.25, -0.2) is 4.98 Å². The molecule has 1 aromatic heterocycles. The van der Waals surface area contributed by atoms with Crippen LogP contribution in [0.25, 0.3) is 0 Å². The Hall–Kier alpha value is -1.11. The second-order valence-electron chi connectivity index (χ2n) is 3.40. The molecule has 90 valence electrons. The fraction of sp³-hybridized carbons (Fsp3) is 0.182. The van der Waals surface area contributed by atoms with Gasteiger partial charge in [-0.3, -0.25) is 0 Å². The Morgan fingerprint density at radius 3 is 2.82 bits per heavy atom. The van der Waals surface area contributed by atoms with Crippen LogP contribution in [0, 0.1) is 0 Å². The summed E-state index contributed by atoms with van der Waals surface area (Å²) in [6, 6.07) is 5.43. The van der Waals surface area contributed by atoms with Crippen molar-refractivity contribution < 1.29 is 9.84 Å². The molecule has 1 atom stereocenters. The van der Waals surface area contributed by atoms with Crippen molar-refractivity contribution in [2.24, 2.45) is 0 Å². The van der Waals surface area contributed by atoms with E-state index in [2.05, 4.69) is 20.9 Å². The Morgan fingerprint density at radius 2 is 2.29 bits per heavy atom. The predicted octanol–water partition coefficient (Wildman–Crippen LogP) is 2.58. The van der Waals surface area contributed by atoms with Crippen molar-refractivity contribution in [3.8, 4) is 5.75 Å². The first-order valence-electron chi connectivity index (χ1n) is 4.84. The molecule has 3 N–H and O–H groups in total. The van der Waals surface area contributed by atoms with E-state index >= 15 is 0 Å². The van der Waals surface area contributed by atoms with Crippen LogP contribution in [0.5, 0.6) is 5.75 Å². The highest BCUT2D eigenvalue weighted by Gasteiger charge is 2.14. The van der Waals surface area contributed by atoms with Crippen molar-refractivity contribution in [1.29, 1.82) is 0 Å². The Kier molecular flexibility index (Phi) is 3.66. The molecule has 1 aromatic carbocycles. The summed E-state index contributed by atoms with van der Waals surface area (Å²) in [7, 11) is 1.60. The Balaban J connectivity index is 2.31. The number of halogens is 1. The number of ether oxygens (including phenoxy) is 1. The fourth-order valence-electron chi connectivity index (χ4n) is 1.44. The van der Waals surface area contributed by atoms with E-state index < -0.39 is 6.10 Å². The van der Waals surface area contributed by atoms with Crippen LogP contribution in [-0.4, -0.2) is 17.2 Å². The average Bonchev–Trinajstić information content (AvgIpc) is 2.75. The SMILES string of the molecule is COc1ccc(C(O)c2cnc(N)s2)cc1Br. The average molecular weight is 315 g/mol. The number of benzene rings is 1. The van der Waals surface area contributed by atoms with Gasteiger partial charge in [0.25, 0.3) is 0 Å². The van der Waals surface area contributed by atoms with E-state index in [-0.39, 0.29) is 0 Å². The first-order valence-corrected chi connectivity index (χ1v) is 6.45. The topological polar surface area (TPSA) is 68.4 Å². The monoisotopic (exact) mass is 314 g/mol. The number of aliphatic hydroxyl groups excluding tert-OH is 1. The van der Waals surface area contributed by atoms with E-state index in [1.54, 1.807) is 19.4 Å². The van der Waals surface area contributed by atoms with Gasteiger partial charge in [0.2, 0.25) is 0 Å². The van der Waals surface area contributed by atoms with Crippen molar-refractivity contribution in [3.63, 3.8) is 0 Å². The molecule has 2 rings (SSSR count). The molecule has 0 aliphatic heterocycles. The Morgan fingerprint density at radius 1 is 1.53 bits per heavy atom. The molecule has 1 heterocycles. The summed E-state index contributed by atoms with van der Waals surface area (Å²) in [5, 5.41) is 10.6. The maximum Gasteiger partial charge on any atom is 0.180 e. The van der Waals surface area contributed by atoms with Gasteiger partial charge < -0.3 is 15.6 Å². The third-order valence-corrected chi connectivity index (χ3v) is 3.80. The molecule has 0 aliphatic carbocycles. The van der Waals surface area contributed by atoms with Gasteiger partial charge in [0.15, 0.2) is 5.13 Å². The molecule has 0 radical (unpaired) electrons. The van der Waals surface area contributed by atoms with Crippen LogP contribution < -0.4 is 10.5 Å². The van der Waals surface area contributed by atoms with E-state index in [4.69, 9.17) is 10.5 Å². The molecule has 0 saturated heterocycles. The van der Waals surface area contributed by atoms with Crippen LogP contribution in [0.4, 0.5) is 5.13 Å². The smallest absolute Gasteiger partial charge is 0.180 e. The normalized spacial score (nSPS) is 12.4. The zero-order valence-corrected chi connectivity index (χ0v) is 11.5. The van der Waals surface area contributed by atoms with Crippen molar-refractivity contribution >= 4 is 32.4 Å². The highest BCUT2D eigenvalue weighted by molar-refractivity contribution is 9.10. The van der Waals surface area contributed by atoms with Gasteiger partial charge in [-0.2, -0.15) is 0 Å². The van der Waals surface area contributed by atoms with Crippen molar-refractivity contribution in [1.82, 2.24) is 4.98 Å². The molecule has 0 spiro atoms. The lowest BCUT2D eigenvalue weighted by atomic mass is 10.1. The van der Waals surface area contributed by atoms with Crippen LogP contribution in [0.3, 0.4) is 0 Å². The largest absolute Gasteiger partial charge is 0.496 e. The van der Waals surface area contributed by atoms with Gasteiger partial charge in [0, 0.05) is 6.20 Å². The molecule has 0 amide bonds. The lowest BCUT2D eigenvalue weighted by Crippen LogP contribution is -1.97. The second kappa shape index (κ2) is 5.03. The molecule has 0 bridgehead atoms. The molecule has 6 heteroatoms. The van der Waals surface area contributed by atoms with E-state index in [1.165, 1.54) is 11.3 Å².